The summed E-state index contributed by atoms with van der Waals surface area (Å²) in [5.74, 6) is -0.864. The first-order valence-electron chi connectivity index (χ1n) is 8.33. The first-order valence-corrected chi connectivity index (χ1v) is 8.33. The Bertz CT molecular complexity index is 748. The van der Waals surface area contributed by atoms with E-state index in [0.717, 1.165) is 23.6 Å². The molecule has 2 N–H and O–H groups in total. The molecule has 2 aromatic rings. The van der Waals surface area contributed by atoms with Gasteiger partial charge in [-0.2, -0.15) is 0 Å². The lowest BCUT2D eigenvalue weighted by atomic mass is 9.85. The summed E-state index contributed by atoms with van der Waals surface area (Å²) in [6.07, 6.45) is 1.61. The van der Waals surface area contributed by atoms with Gasteiger partial charge in [0.15, 0.2) is 0 Å². The highest BCUT2D eigenvalue weighted by atomic mass is 16.4. The van der Waals surface area contributed by atoms with Crippen LogP contribution in [-0.4, -0.2) is 47.1 Å². The Morgan fingerprint density at radius 3 is 2.58 bits per heavy atom. The lowest BCUT2D eigenvalue weighted by Gasteiger charge is -2.42. The number of aliphatic carboxylic acids is 1. The van der Waals surface area contributed by atoms with E-state index in [1.54, 1.807) is 0 Å². The average molecular weight is 326 g/mol. The van der Waals surface area contributed by atoms with Gasteiger partial charge in [0, 0.05) is 17.6 Å². The molecule has 1 aliphatic rings. The quantitative estimate of drug-likeness (QED) is 0.856. The Balaban J connectivity index is 1.62. The van der Waals surface area contributed by atoms with Crippen LogP contribution in [0.1, 0.15) is 30.1 Å². The number of hydrogen-bond acceptors (Lipinski definition) is 3. The highest BCUT2D eigenvalue weighted by Crippen LogP contribution is 2.26. The minimum absolute atomic E-state index is 0.0588. The second-order valence-electron chi connectivity index (χ2n) is 6.28. The van der Waals surface area contributed by atoms with Gasteiger partial charge in [-0.05, 0) is 36.2 Å². The molecule has 1 aliphatic carbocycles. The summed E-state index contributed by atoms with van der Waals surface area (Å²) in [6.45, 7) is 2.73. The van der Waals surface area contributed by atoms with Crippen molar-refractivity contribution in [2.75, 3.05) is 13.1 Å². The van der Waals surface area contributed by atoms with E-state index < -0.39 is 5.97 Å². The number of amides is 1. The molecule has 1 fully saturated rings. The van der Waals surface area contributed by atoms with Crippen molar-refractivity contribution < 1.29 is 14.7 Å². The molecule has 0 radical (unpaired) electrons. The van der Waals surface area contributed by atoms with Crippen molar-refractivity contribution in [3.63, 3.8) is 0 Å². The number of hydrogen-bond donors (Lipinski definition) is 2. The van der Waals surface area contributed by atoms with Crippen LogP contribution in [0.5, 0.6) is 0 Å². The zero-order chi connectivity index (χ0) is 17.1. The van der Waals surface area contributed by atoms with Gasteiger partial charge in [-0.3, -0.25) is 14.5 Å². The van der Waals surface area contributed by atoms with Crippen molar-refractivity contribution in [1.82, 2.24) is 10.2 Å². The van der Waals surface area contributed by atoms with Crippen LogP contribution < -0.4 is 5.32 Å². The fourth-order valence-electron chi connectivity index (χ4n) is 3.36. The van der Waals surface area contributed by atoms with Gasteiger partial charge in [0.1, 0.15) is 0 Å². The van der Waals surface area contributed by atoms with E-state index in [1.807, 2.05) is 54.3 Å². The lowest BCUT2D eigenvalue weighted by Crippen LogP contribution is -2.54. The van der Waals surface area contributed by atoms with Gasteiger partial charge in [0.05, 0.1) is 6.54 Å². The molecule has 5 nitrogen and oxygen atoms in total. The summed E-state index contributed by atoms with van der Waals surface area (Å²) in [7, 11) is 0. The van der Waals surface area contributed by atoms with E-state index in [1.165, 1.54) is 0 Å². The summed E-state index contributed by atoms with van der Waals surface area (Å²) in [4.78, 5) is 25.4. The number of rotatable bonds is 6. The smallest absolute Gasteiger partial charge is 0.317 e. The third-order valence-corrected chi connectivity index (χ3v) is 4.74. The topological polar surface area (TPSA) is 69.6 Å². The van der Waals surface area contributed by atoms with E-state index >= 15 is 0 Å². The van der Waals surface area contributed by atoms with Crippen molar-refractivity contribution in [1.29, 1.82) is 0 Å². The van der Waals surface area contributed by atoms with Gasteiger partial charge in [-0.1, -0.05) is 43.3 Å². The molecule has 0 aliphatic heterocycles. The highest BCUT2D eigenvalue weighted by Gasteiger charge is 2.34. The van der Waals surface area contributed by atoms with Crippen LogP contribution >= 0.6 is 0 Å². The van der Waals surface area contributed by atoms with Gasteiger partial charge >= 0.3 is 5.97 Å². The largest absolute Gasteiger partial charge is 0.480 e. The van der Waals surface area contributed by atoms with Gasteiger partial charge in [-0.15, -0.1) is 0 Å². The van der Waals surface area contributed by atoms with Crippen molar-refractivity contribution in [3.8, 4) is 0 Å². The SMILES string of the molecule is CCN(CC(=O)O)C1CC(NC(=O)c2cccc3ccccc23)C1. The molecule has 5 heteroatoms. The maximum absolute atomic E-state index is 12.6. The zero-order valence-electron chi connectivity index (χ0n) is 13.7. The molecule has 0 saturated heterocycles. The number of carboxylic acids is 1. The van der Waals surface area contributed by atoms with Crippen LogP contribution in [0.2, 0.25) is 0 Å². The van der Waals surface area contributed by atoms with Crippen molar-refractivity contribution in [2.24, 2.45) is 0 Å². The molecule has 0 atom stereocenters. The van der Waals surface area contributed by atoms with Crippen LogP contribution in [0.3, 0.4) is 0 Å². The standard InChI is InChI=1S/C19H22N2O3/c1-2-21(12-18(22)23)15-10-14(11-15)20-19(24)17-9-5-7-13-6-3-4-8-16(13)17/h3-9,14-15H,2,10-12H2,1H3,(H,20,24)(H,22,23). The molecule has 0 heterocycles. The monoisotopic (exact) mass is 326 g/mol. The number of carbonyl (C=O) groups is 2. The van der Waals surface area contributed by atoms with Crippen molar-refractivity contribution in [3.05, 3.63) is 48.0 Å². The number of likely N-dealkylation sites (N-methyl/N-ethyl adjacent to an activating group) is 1. The molecule has 0 spiro atoms. The molecule has 24 heavy (non-hydrogen) atoms. The Morgan fingerprint density at radius 1 is 1.17 bits per heavy atom. The number of fused-ring (bicyclic) bond motifs is 1. The van der Waals surface area contributed by atoms with E-state index in [0.29, 0.717) is 12.1 Å². The highest BCUT2D eigenvalue weighted by molar-refractivity contribution is 6.07. The number of nitrogens with one attached hydrogen (secondary N) is 1. The van der Waals surface area contributed by atoms with E-state index in [-0.39, 0.29) is 24.5 Å². The van der Waals surface area contributed by atoms with E-state index in [4.69, 9.17) is 5.11 Å². The van der Waals surface area contributed by atoms with Gasteiger partial charge in [0.2, 0.25) is 0 Å². The normalized spacial score (nSPS) is 19.9. The zero-order valence-corrected chi connectivity index (χ0v) is 13.7. The number of carbonyl (C=O) groups excluding carboxylic acids is 1. The predicted molar refractivity (Wildman–Crippen MR) is 93.1 cm³/mol. The van der Waals surface area contributed by atoms with E-state index in [2.05, 4.69) is 5.32 Å². The molecule has 2 aromatic carbocycles. The number of carboxylic acid groups (broad SMARTS) is 1. The van der Waals surface area contributed by atoms with Crippen LogP contribution in [0.15, 0.2) is 42.5 Å². The molecule has 1 saturated carbocycles. The van der Waals surface area contributed by atoms with Gasteiger partial charge < -0.3 is 10.4 Å². The van der Waals surface area contributed by atoms with Crippen LogP contribution in [0.4, 0.5) is 0 Å². The molecular formula is C19H22N2O3. The molecule has 3 rings (SSSR count). The fourth-order valence-corrected chi connectivity index (χ4v) is 3.36. The third kappa shape index (κ3) is 3.41. The van der Waals surface area contributed by atoms with Gasteiger partial charge in [0.25, 0.3) is 5.91 Å². The first-order chi connectivity index (χ1) is 11.6. The van der Waals surface area contributed by atoms with Crippen LogP contribution in [-0.2, 0) is 4.79 Å². The molecule has 1 amide bonds. The Hall–Kier alpha value is -2.40. The third-order valence-electron chi connectivity index (χ3n) is 4.74. The lowest BCUT2D eigenvalue weighted by molar-refractivity contribution is -0.139. The maximum Gasteiger partial charge on any atom is 0.317 e. The summed E-state index contributed by atoms with van der Waals surface area (Å²) < 4.78 is 0. The first kappa shape index (κ1) is 16.5. The Labute approximate surface area is 141 Å². The molecule has 0 bridgehead atoms. The Kier molecular flexibility index (Phi) is 4.81. The molecular weight excluding hydrogens is 304 g/mol. The van der Waals surface area contributed by atoms with Crippen LogP contribution in [0, 0.1) is 0 Å². The molecule has 0 unspecified atom stereocenters. The minimum Gasteiger partial charge on any atom is -0.480 e. The maximum atomic E-state index is 12.6. The Morgan fingerprint density at radius 2 is 1.88 bits per heavy atom. The second-order valence-corrected chi connectivity index (χ2v) is 6.28. The summed E-state index contributed by atoms with van der Waals surface area (Å²) in [6, 6.07) is 13.9. The van der Waals surface area contributed by atoms with E-state index in [9.17, 15) is 9.59 Å². The van der Waals surface area contributed by atoms with Crippen molar-refractivity contribution in [2.45, 2.75) is 31.8 Å². The summed E-state index contributed by atoms with van der Waals surface area (Å²) in [5, 5.41) is 14.0. The minimum atomic E-state index is -0.805. The predicted octanol–water partition coefficient (Wildman–Crippen LogP) is 2.51. The van der Waals surface area contributed by atoms with Crippen molar-refractivity contribution >= 4 is 22.6 Å². The number of nitrogens with zero attached hydrogens (tertiary/aromatic N) is 1. The molecule has 0 aromatic heterocycles. The number of benzene rings is 2. The summed E-state index contributed by atoms with van der Waals surface area (Å²) in [5.41, 5.74) is 0.689. The molecule has 126 valence electrons. The van der Waals surface area contributed by atoms with Gasteiger partial charge in [-0.25, -0.2) is 0 Å². The van der Waals surface area contributed by atoms with Crippen LogP contribution in [0.25, 0.3) is 10.8 Å². The second kappa shape index (κ2) is 7.01. The fraction of sp³-hybridized carbons (Fsp3) is 0.368. The average Bonchev–Trinajstić information content (AvgIpc) is 2.55. The summed E-state index contributed by atoms with van der Waals surface area (Å²) >= 11 is 0.